The zero-order valence-electron chi connectivity index (χ0n) is 17.8. The van der Waals surface area contributed by atoms with Crippen LogP contribution in [0, 0.1) is 0 Å². The Hall–Kier alpha value is -2.07. The van der Waals surface area contributed by atoms with E-state index in [1.165, 1.54) is 60.3 Å². The highest BCUT2D eigenvalue weighted by Gasteiger charge is 2.39. The first kappa shape index (κ1) is 18.9. The molecule has 2 aromatic carbocycles. The topological polar surface area (TPSA) is 23.6 Å². The quantitative estimate of drug-likeness (QED) is 0.706. The third-order valence-corrected chi connectivity index (χ3v) is 10.8. The van der Waals surface area contributed by atoms with E-state index in [0.717, 1.165) is 37.3 Å². The summed E-state index contributed by atoms with van der Waals surface area (Å²) in [5.41, 5.74) is 4.52. The van der Waals surface area contributed by atoms with Crippen LogP contribution >= 0.6 is 0 Å². The van der Waals surface area contributed by atoms with E-state index in [2.05, 4.69) is 59.3 Å². The van der Waals surface area contributed by atoms with Crippen molar-refractivity contribution in [2.24, 2.45) is 0 Å². The third-order valence-electron chi connectivity index (χ3n) is 7.28. The number of carbonyl (C=O) groups is 1. The molecule has 0 saturated carbocycles. The van der Waals surface area contributed by atoms with E-state index in [1.807, 2.05) is 0 Å². The lowest BCUT2D eigenvalue weighted by atomic mass is 10.0. The van der Waals surface area contributed by atoms with Gasteiger partial charge in [0, 0.05) is 48.7 Å². The van der Waals surface area contributed by atoms with Crippen LogP contribution in [0.25, 0.3) is 0 Å². The highest BCUT2D eigenvalue weighted by atomic mass is 28.3. The van der Waals surface area contributed by atoms with Crippen molar-refractivity contribution in [1.29, 1.82) is 0 Å². The van der Waals surface area contributed by atoms with Crippen LogP contribution < -0.4 is 20.2 Å². The predicted molar refractivity (Wildman–Crippen MR) is 125 cm³/mol. The molecule has 0 radical (unpaired) electrons. The number of hydrogen-bond acceptors (Lipinski definition) is 3. The Balaban J connectivity index is 1.56. The van der Waals surface area contributed by atoms with Crippen molar-refractivity contribution in [1.82, 2.24) is 0 Å². The van der Waals surface area contributed by atoms with Crippen molar-refractivity contribution in [2.75, 3.05) is 36.0 Å². The van der Waals surface area contributed by atoms with Crippen LogP contribution in [-0.2, 0) is 0 Å². The molecular formula is C25H32N2OSi. The number of nitrogens with zero attached hydrogens (tertiary/aromatic N) is 2. The van der Waals surface area contributed by atoms with E-state index in [9.17, 15) is 4.79 Å². The van der Waals surface area contributed by atoms with E-state index in [4.69, 9.17) is 0 Å². The Morgan fingerprint density at radius 3 is 1.48 bits per heavy atom. The molecule has 0 amide bonds. The molecule has 2 aromatic rings. The molecule has 0 aliphatic carbocycles. The number of rotatable bonds is 2. The Morgan fingerprint density at radius 1 is 0.655 bits per heavy atom. The molecule has 0 unspecified atom stereocenters. The maximum absolute atomic E-state index is 13.4. The second-order valence-electron chi connectivity index (χ2n) is 9.51. The molecule has 0 aromatic heterocycles. The average Bonchev–Trinajstić information content (AvgIpc) is 2.78. The van der Waals surface area contributed by atoms with Crippen molar-refractivity contribution < 1.29 is 4.79 Å². The molecule has 3 heterocycles. The number of hydrogen-bond donors (Lipinski definition) is 0. The number of anilines is 2. The summed E-state index contributed by atoms with van der Waals surface area (Å²) in [4.78, 5) is 18.4. The second-order valence-corrected chi connectivity index (χ2v) is 13.8. The van der Waals surface area contributed by atoms with Gasteiger partial charge in [0.05, 0.1) is 0 Å². The first-order chi connectivity index (χ1) is 14.1. The standard InChI is InChI=1S/C25H32N2OSi/c1-29(2)23-17-19(26-13-5-3-6-14-26)9-11-21(23)25(28)22-12-10-20(18-24(22)29)27-15-7-4-8-16-27/h9-12,17-18H,3-8,13-16H2,1-2H3. The fourth-order valence-corrected chi connectivity index (χ4v) is 8.53. The highest BCUT2D eigenvalue weighted by Crippen LogP contribution is 2.28. The molecule has 3 aliphatic heterocycles. The molecule has 4 heteroatoms. The number of fused-ring (bicyclic) bond motifs is 2. The first-order valence-corrected chi connectivity index (χ1v) is 14.4. The van der Waals surface area contributed by atoms with Gasteiger partial charge in [0.25, 0.3) is 0 Å². The maximum atomic E-state index is 13.4. The molecular weight excluding hydrogens is 372 g/mol. The molecule has 2 saturated heterocycles. The molecule has 5 rings (SSSR count). The van der Waals surface area contributed by atoms with Crippen LogP contribution in [0.1, 0.15) is 54.4 Å². The predicted octanol–water partition coefficient (Wildman–Crippen LogP) is 4.03. The van der Waals surface area contributed by atoms with Crippen molar-refractivity contribution in [2.45, 2.75) is 51.6 Å². The van der Waals surface area contributed by atoms with E-state index >= 15 is 0 Å². The lowest BCUT2D eigenvalue weighted by molar-refractivity contribution is 0.104. The number of benzene rings is 2. The van der Waals surface area contributed by atoms with Crippen molar-refractivity contribution in [3.8, 4) is 0 Å². The molecule has 152 valence electrons. The Morgan fingerprint density at radius 2 is 1.07 bits per heavy atom. The van der Waals surface area contributed by atoms with Gasteiger partial charge in [-0.1, -0.05) is 13.1 Å². The molecule has 3 nitrogen and oxygen atoms in total. The summed E-state index contributed by atoms with van der Waals surface area (Å²) in [5.74, 6) is 0.220. The zero-order valence-corrected chi connectivity index (χ0v) is 18.8. The van der Waals surface area contributed by atoms with E-state index in [0.29, 0.717) is 0 Å². The van der Waals surface area contributed by atoms with E-state index < -0.39 is 8.07 Å². The van der Waals surface area contributed by atoms with Crippen LogP contribution in [0.3, 0.4) is 0 Å². The summed E-state index contributed by atoms with van der Waals surface area (Å²) in [6, 6.07) is 13.3. The smallest absolute Gasteiger partial charge is 0.192 e. The molecule has 0 bridgehead atoms. The highest BCUT2D eigenvalue weighted by molar-refractivity contribution is 7.02. The fraction of sp³-hybridized carbons (Fsp3) is 0.480. The maximum Gasteiger partial charge on any atom is 0.192 e. The third kappa shape index (κ3) is 3.22. The molecule has 3 aliphatic rings. The van der Waals surface area contributed by atoms with Crippen LogP contribution in [0.2, 0.25) is 13.1 Å². The van der Waals surface area contributed by atoms with Gasteiger partial charge in [-0.05, 0) is 85.3 Å². The minimum Gasteiger partial charge on any atom is -0.372 e. The first-order valence-electron chi connectivity index (χ1n) is 11.4. The van der Waals surface area contributed by atoms with Gasteiger partial charge in [0.15, 0.2) is 5.78 Å². The largest absolute Gasteiger partial charge is 0.372 e. The summed E-state index contributed by atoms with van der Waals surface area (Å²) in [7, 11) is -1.94. The van der Waals surface area contributed by atoms with Crippen molar-refractivity contribution >= 4 is 35.6 Å². The molecule has 29 heavy (non-hydrogen) atoms. The monoisotopic (exact) mass is 404 g/mol. The van der Waals surface area contributed by atoms with Crippen LogP contribution in [-0.4, -0.2) is 40.0 Å². The van der Waals surface area contributed by atoms with Crippen LogP contribution in [0.4, 0.5) is 11.4 Å². The Labute approximate surface area is 175 Å². The summed E-state index contributed by atoms with van der Waals surface area (Å²) in [5, 5.41) is 2.66. The zero-order chi connectivity index (χ0) is 20.0. The molecule has 0 atom stereocenters. The van der Waals surface area contributed by atoms with Gasteiger partial charge < -0.3 is 9.80 Å². The van der Waals surface area contributed by atoms with Gasteiger partial charge in [-0.2, -0.15) is 0 Å². The summed E-state index contributed by atoms with van der Waals surface area (Å²) in [6.45, 7) is 9.43. The van der Waals surface area contributed by atoms with E-state index in [1.54, 1.807) is 0 Å². The van der Waals surface area contributed by atoms with E-state index in [-0.39, 0.29) is 5.78 Å². The second kappa shape index (κ2) is 7.32. The summed E-state index contributed by atoms with van der Waals surface area (Å²) in [6.07, 6.45) is 7.79. The summed E-state index contributed by atoms with van der Waals surface area (Å²) < 4.78 is 0. The van der Waals surface area contributed by atoms with Gasteiger partial charge in [0.1, 0.15) is 8.07 Å². The Bertz CT molecular complexity index is 866. The van der Waals surface area contributed by atoms with Gasteiger partial charge in [-0.3, -0.25) is 4.79 Å². The normalized spacial score (nSPS) is 21.0. The Kier molecular flexibility index (Phi) is 4.77. The van der Waals surface area contributed by atoms with Gasteiger partial charge in [-0.25, -0.2) is 0 Å². The lowest BCUT2D eigenvalue weighted by Crippen LogP contribution is -2.60. The summed E-state index contributed by atoms with van der Waals surface area (Å²) >= 11 is 0. The van der Waals surface area contributed by atoms with Gasteiger partial charge in [-0.15, -0.1) is 0 Å². The van der Waals surface area contributed by atoms with Crippen molar-refractivity contribution in [3.63, 3.8) is 0 Å². The minimum atomic E-state index is -1.94. The molecule has 0 spiro atoms. The number of ketones is 1. The molecule has 0 N–H and O–H groups in total. The number of carbonyl (C=O) groups excluding carboxylic acids is 1. The lowest BCUT2D eigenvalue weighted by Gasteiger charge is -2.36. The van der Waals surface area contributed by atoms with Crippen LogP contribution in [0.15, 0.2) is 36.4 Å². The minimum absolute atomic E-state index is 0.220. The SMILES string of the molecule is C[Si]1(C)c2cc(N3CCCCC3)ccc2C(=O)c2ccc(N3CCCCC3)cc21. The number of piperidine rings is 2. The average molecular weight is 405 g/mol. The van der Waals surface area contributed by atoms with Crippen molar-refractivity contribution in [3.05, 3.63) is 47.5 Å². The van der Waals surface area contributed by atoms with Crippen LogP contribution in [0.5, 0.6) is 0 Å². The van der Waals surface area contributed by atoms with Gasteiger partial charge in [0.2, 0.25) is 0 Å². The fourth-order valence-electron chi connectivity index (χ4n) is 5.48. The molecule has 2 fully saturated rings. The van der Waals surface area contributed by atoms with Gasteiger partial charge >= 0.3 is 0 Å².